The molecule has 4 saturated heterocycles. The fourth-order valence-electron chi connectivity index (χ4n) is 12.8. The highest BCUT2D eigenvalue weighted by Crippen LogP contribution is 2.69. The molecule has 67 heavy (non-hydrogen) atoms. The van der Waals surface area contributed by atoms with E-state index in [-0.39, 0.29) is 18.3 Å². The summed E-state index contributed by atoms with van der Waals surface area (Å²) in [7, 11) is 0. The molecular formula is C43H70O24. The van der Waals surface area contributed by atoms with Crippen molar-refractivity contribution in [1.29, 1.82) is 0 Å². The van der Waals surface area contributed by atoms with Crippen LogP contribution < -0.4 is 0 Å². The number of rotatable bonds is 13. The van der Waals surface area contributed by atoms with Crippen LogP contribution in [-0.4, -0.2) is 214 Å². The fraction of sp³-hybridized carbons (Fsp3) is 0.930. The molecule has 7 fully saturated rings. The first-order valence-electron chi connectivity index (χ1n) is 23.1. The highest BCUT2D eigenvalue weighted by atomic mass is 17.1. The Balaban J connectivity index is 1.06. The molecule has 386 valence electrons. The van der Waals surface area contributed by atoms with Crippen molar-refractivity contribution >= 4 is 5.97 Å². The number of hydrogen-bond acceptors (Lipinski definition) is 24. The lowest BCUT2D eigenvalue weighted by Gasteiger charge is -2.63. The highest BCUT2D eigenvalue weighted by Gasteiger charge is 2.64. The SMILES string of the molecule is C=C1CCC[C@@H]2[C@](CC[C@@H]3O[C@H](CO)[C@@H](O[C@H]4O[C@H](CO)[C@@H](O)[C@H](O)[C@H]4O)[C@H](O)[C@H]3O)(CC[C@H]3[C@@]2(C)CCC[C@@]3(C)C(=O)O[C@@H]2O[C@H](OO)[C@@H](O)[C@H](O[C@H]3O[C@H](OO)[C@@H](O)[C@H](O)[C@H]3O)[C@H]2O)C1. The molecule has 0 spiro atoms. The predicted octanol–water partition coefficient (Wildman–Crippen LogP) is -3.15. The number of carbonyl (C=O) groups excluding carboxylic acids is 1. The second kappa shape index (κ2) is 21.2. The van der Waals surface area contributed by atoms with E-state index in [0.29, 0.717) is 38.5 Å². The van der Waals surface area contributed by atoms with E-state index in [4.69, 9.17) is 38.4 Å². The third-order valence-electron chi connectivity index (χ3n) is 16.3. The molecule has 0 radical (unpaired) electrons. The van der Waals surface area contributed by atoms with Gasteiger partial charge >= 0.3 is 5.97 Å². The molecule has 4 heterocycles. The van der Waals surface area contributed by atoms with Gasteiger partial charge in [-0.15, -0.1) is 0 Å². The lowest BCUT2D eigenvalue weighted by molar-refractivity contribution is -0.454. The maximum Gasteiger partial charge on any atom is 0.314 e. The summed E-state index contributed by atoms with van der Waals surface area (Å²) in [6.45, 7) is 6.97. The second-order valence-electron chi connectivity index (χ2n) is 20.2. The van der Waals surface area contributed by atoms with Crippen LogP contribution in [0.15, 0.2) is 12.2 Å². The van der Waals surface area contributed by atoms with Gasteiger partial charge in [0.1, 0.15) is 85.5 Å². The van der Waals surface area contributed by atoms with Crippen LogP contribution in [0.5, 0.6) is 0 Å². The van der Waals surface area contributed by atoms with E-state index >= 15 is 0 Å². The van der Waals surface area contributed by atoms with E-state index in [1.165, 1.54) is 0 Å². The number of aliphatic hydroxyl groups excluding tert-OH is 12. The van der Waals surface area contributed by atoms with Gasteiger partial charge in [-0.25, -0.2) is 20.3 Å². The second-order valence-corrected chi connectivity index (χ2v) is 20.2. The standard InChI is InChI=1S/C43H70O24/c1-17-6-4-7-22-41(2)10-5-11-42(3,40(56)65-37-31(54)34(32(55)39(64-37)67-58)62-36-29(52)26(49)30(53)38(63-36)66-57)21(41)9-13-43(22,14-17)12-8-18-23(46)27(50)33(20(16-45)59-18)61-35-28(51)25(48)24(47)19(15-44)60-35/h18-39,44-55,57-58H,1,4-16H2,2-3H3/t18-,19+,20+,21-,22-,23-,24+,25-,26+,27+,28+,29+,30-,31+,32-,33+,34+,35+,36-,37-,38+,39+,41+,42+,43+/m0/s1. The van der Waals surface area contributed by atoms with Gasteiger partial charge in [0, 0.05) is 0 Å². The zero-order chi connectivity index (χ0) is 48.9. The molecule has 0 bridgehead atoms. The summed E-state index contributed by atoms with van der Waals surface area (Å²) in [5.74, 6) is -1.03. The van der Waals surface area contributed by atoms with Crippen molar-refractivity contribution in [3.8, 4) is 0 Å². The Kier molecular flexibility index (Phi) is 16.8. The molecular weight excluding hydrogens is 900 g/mol. The number of fused-ring (bicyclic) bond motifs is 3. The van der Waals surface area contributed by atoms with Gasteiger partial charge in [0.05, 0.1) is 24.7 Å². The van der Waals surface area contributed by atoms with Crippen molar-refractivity contribution in [2.24, 2.45) is 28.1 Å². The first kappa shape index (κ1) is 53.1. The van der Waals surface area contributed by atoms with Crippen LogP contribution in [-0.2, 0) is 47.7 Å². The molecule has 0 aromatic carbocycles. The number of carbonyl (C=O) groups is 1. The third-order valence-corrected chi connectivity index (χ3v) is 16.3. The third kappa shape index (κ3) is 9.84. The van der Waals surface area contributed by atoms with E-state index in [0.717, 1.165) is 31.3 Å². The average molecular weight is 971 g/mol. The van der Waals surface area contributed by atoms with Crippen LogP contribution in [0.3, 0.4) is 0 Å². The number of aliphatic hydroxyl groups is 12. The lowest BCUT2D eigenvalue weighted by Crippen LogP contribution is -2.65. The van der Waals surface area contributed by atoms with E-state index in [1.807, 2.05) is 0 Å². The summed E-state index contributed by atoms with van der Waals surface area (Å²) in [5, 5.41) is 146. The van der Waals surface area contributed by atoms with Gasteiger partial charge in [-0.05, 0) is 93.8 Å². The Bertz CT molecular complexity index is 1670. The van der Waals surface area contributed by atoms with E-state index in [9.17, 15) is 71.3 Å². The van der Waals surface area contributed by atoms with E-state index in [1.54, 1.807) is 6.92 Å². The number of ether oxygens (including phenoxy) is 7. The maximum atomic E-state index is 14.6. The van der Waals surface area contributed by atoms with Gasteiger partial charge in [0.2, 0.25) is 18.9 Å². The summed E-state index contributed by atoms with van der Waals surface area (Å²) >= 11 is 0. The van der Waals surface area contributed by atoms with E-state index < -0.39 is 158 Å². The fourth-order valence-corrected chi connectivity index (χ4v) is 12.8. The van der Waals surface area contributed by atoms with Crippen LogP contribution in [0, 0.1) is 28.1 Å². The molecule has 0 unspecified atom stereocenters. The molecule has 3 saturated carbocycles. The molecule has 7 rings (SSSR count). The van der Waals surface area contributed by atoms with Gasteiger partial charge in [-0.2, -0.15) is 0 Å². The Morgan fingerprint density at radius 1 is 0.597 bits per heavy atom. The molecule has 0 aromatic heterocycles. The molecule has 24 nitrogen and oxygen atoms in total. The molecule has 0 amide bonds. The Morgan fingerprint density at radius 3 is 1.82 bits per heavy atom. The predicted molar refractivity (Wildman–Crippen MR) is 218 cm³/mol. The molecule has 4 aliphatic heterocycles. The largest absolute Gasteiger partial charge is 0.432 e. The van der Waals surface area contributed by atoms with Crippen molar-refractivity contribution in [1.82, 2.24) is 0 Å². The van der Waals surface area contributed by atoms with Crippen molar-refractivity contribution in [2.75, 3.05) is 13.2 Å². The summed E-state index contributed by atoms with van der Waals surface area (Å²) < 4.78 is 39.5. The van der Waals surface area contributed by atoms with Gasteiger partial charge < -0.3 is 94.4 Å². The molecule has 14 N–H and O–H groups in total. The number of esters is 1. The molecule has 3 aliphatic carbocycles. The number of hydrogen-bond donors (Lipinski definition) is 14. The normalized spacial score (nSPS) is 51.9. The topological polar surface area (TPSA) is 383 Å². The first-order valence-corrected chi connectivity index (χ1v) is 23.1. The van der Waals surface area contributed by atoms with Crippen LogP contribution in [0.4, 0.5) is 0 Å². The minimum atomic E-state index is -2.01. The summed E-state index contributed by atoms with van der Waals surface area (Å²) in [6, 6.07) is 0. The van der Waals surface area contributed by atoms with Crippen molar-refractivity contribution in [3.63, 3.8) is 0 Å². The van der Waals surface area contributed by atoms with Gasteiger partial charge in [-0.1, -0.05) is 25.5 Å². The van der Waals surface area contributed by atoms with Gasteiger partial charge in [-0.3, -0.25) is 4.79 Å². The quantitative estimate of drug-likeness (QED) is 0.0375. The smallest absolute Gasteiger partial charge is 0.314 e. The summed E-state index contributed by atoms with van der Waals surface area (Å²) in [4.78, 5) is 22.9. The maximum absolute atomic E-state index is 14.6. The van der Waals surface area contributed by atoms with Crippen molar-refractivity contribution in [3.05, 3.63) is 12.2 Å². The Hall–Kier alpha value is -1.67. The highest BCUT2D eigenvalue weighted by molar-refractivity contribution is 5.77. The Labute approximate surface area is 385 Å². The number of allylic oxidation sites excluding steroid dienone is 1. The van der Waals surface area contributed by atoms with Gasteiger partial charge in [0.15, 0.2) is 12.6 Å². The Morgan fingerprint density at radius 2 is 1.16 bits per heavy atom. The summed E-state index contributed by atoms with van der Waals surface area (Å²) in [6.07, 6.45) is -27.9. The molecule has 7 aliphatic rings. The minimum Gasteiger partial charge on any atom is -0.432 e. The minimum absolute atomic E-state index is 0.00567. The van der Waals surface area contributed by atoms with Gasteiger partial charge in [0.25, 0.3) is 0 Å². The summed E-state index contributed by atoms with van der Waals surface area (Å²) in [5.41, 5.74) is -1.00. The van der Waals surface area contributed by atoms with E-state index in [2.05, 4.69) is 23.3 Å². The molecule has 24 heteroatoms. The lowest BCUT2D eigenvalue weighted by atomic mass is 9.41. The zero-order valence-electron chi connectivity index (χ0n) is 37.4. The van der Waals surface area contributed by atoms with Crippen LogP contribution in [0.2, 0.25) is 0 Å². The van der Waals surface area contributed by atoms with Crippen LogP contribution >= 0.6 is 0 Å². The average Bonchev–Trinajstić information content (AvgIpc) is 3.48. The molecule has 25 atom stereocenters. The first-order chi connectivity index (χ1) is 31.7. The zero-order valence-corrected chi connectivity index (χ0v) is 37.4. The van der Waals surface area contributed by atoms with Crippen LogP contribution in [0.25, 0.3) is 0 Å². The molecule has 0 aromatic rings. The monoisotopic (exact) mass is 970 g/mol. The van der Waals surface area contributed by atoms with Crippen molar-refractivity contribution in [2.45, 2.75) is 207 Å². The van der Waals surface area contributed by atoms with Crippen molar-refractivity contribution < 1.29 is 120 Å². The van der Waals surface area contributed by atoms with Crippen LogP contribution in [0.1, 0.15) is 84.5 Å².